The van der Waals surface area contributed by atoms with Gasteiger partial charge in [0.1, 0.15) is 5.82 Å². The molecule has 0 saturated heterocycles. The van der Waals surface area contributed by atoms with Crippen molar-refractivity contribution in [2.75, 3.05) is 13.1 Å². The first-order valence-corrected chi connectivity index (χ1v) is 5.63. The van der Waals surface area contributed by atoms with Gasteiger partial charge in [0.05, 0.1) is 17.6 Å². The molecule has 0 heterocycles. The quantitative estimate of drug-likeness (QED) is 0.847. The normalized spacial score (nSPS) is 10.2. The Labute approximate surface area is 107 Å². The molecule has 0 fully saturated rings. The summed E-state index contributed by atoms with van der Waals surface area (Å²) in [6.45, 7) is 0.354. The minimum absolute atomic E-state index is 0.165. The van der Waals surface area contributed by atoms with Crippen LogP contribution in [0.25, 0.3) is 0 Å². The topological polar surface area (TPSA) is 40.5 Å². The van der Waals surface area contributed by atoms with Crippen LogP contribution in [0.15, 0.2) is 22.7 Å². The zero-order chi connectivity index (χ0) is 12.8. The van der Waals surface area contributed by atoms with Crippen molar-refractivity contribution in [3.8, 4) is 12.3 Å². The maximum Gasteiger partial charge on any atom is 0.317 e. The molecule has 0 unspecified atom stereocenters. The molecular formula is C12H11BrFNO2. The molecule has 0 bridgehead atoms. The number of benzene rings is 1. The lowest BCUT2D eigenvalue weighted by molar-refractivity contribution is -0.138. The molecule has 0 aromatic heterocycles. The van der Waals surface area contributed by atoms with E-state index in [-0.39, 0.29) is 18.9 Å². The molecule has 1 aromatic carbocycles. The van der Waals surface area contributed by atoms with E-state index in [9.17, 15) is 9.18 Å². The summed E-state index contributed by atoms with van der Waals surface area (Å²) in [7, 11) is 0. The third-order valence-corrected chi connectivity index (χ3v) is 2.71. The van der Waals surface area contributed by atoms with Crippen molar-refractivity contribution in [1.82, 2.24) is 4.90 Å². The van der Waals surface area contributed by atoms with Crippen LogP contribution < -0.4 is 0 Å². The Morgan fingerprint density at radius 3 is 2.82 bits per heavy atom. The van der Waals surface area contributed by atoms with Gasteiger partial charge in [-0.1, -0.05) is 12.0 Å². The van der Waals surface area contributed by atoms with Crippen LogP contribution >= 0.6 is 15.9 Å². The van der Waals surface area contributed by atoms with E-state index in [2.05, 4.69) is 21.9 Å². The van der Waals surface area contributed by atoms with E-state index in [0.717, 1.165) is 0 Å². The molecule has 0 aliphatic carbocycles. The molecule has 0 spiro atoms. The Morgan fingerprint density at radius 1 is 1.59 bits per heavy atom. The van der Waals surface area contributed by atoms with Crippen molar-refractivity contribution >= 4 is 21.9 Å². The number of terminal acetylenes is 1. The summed E-state index contributed by atoms with van der Waals surface area (Å²) < 4.78 is 13.6. The summed E-state index contributed by atoms with van der Waals surface area (Å²) in [6.07, 6.45) is 5.15. The fourth-order valence-electron chi connectivity index (χ4n) is 1.38. The predicted octanol–water partition coefficient (Wildman–Crippen LogP) is 2.11. The van der Waals surface area contributed by atoms with Gasteiger partial charge in [0, 0.05) is 6.54 Å². The minimum Gasteiger partial charge on any atom is -0.480 e. The molecule has 1 aromatic rings. The average Bonchev–Trinajstić information content (AvgIpc) is 2.23. The van der Waals surface area contributed by atoms with Crippen LogP contribution in [0, 0.1) is 18.2 Å². The second-order valence-electron chi connectivity index (χ2n) is 3.49. The van der Waals surface area contributed by atoms with Gasteiger partial charge >= 0.3 is 5.97 Å². The lowest BCUT2D eigenvalue weighted by Crippen LogP contribution is -2.29. The predicted molar refractivity (Wildman–Crippen MR) is 65.8 cm³/mol. The van der Waals surface area contributed by atoms with Gasteiger partial charge in [0.25, 0.3) is 0 Å². The highest BCUT2D eigenvalue weighted by molar-refractivity contribution is 9.10. The Balaban J connectivity index is 2.75. The van der Waals surface area contributed by atoms with Crippen LogP contribution in [0.5, 0.6) is 0 Å². The van der Waals surface area contributed by atoms with Crippen LogP contribution in [0.4, 0.5) is 4.39 Å². The molecule has 1 rings (SSSR count). The van der Waals surface area contributed by atoms with Crippen LogP contribution in [-0.2, 0) is 11.3 Å². The highest BCUT2D eigenvalue weighted by atomic mass is 79.9. The number of carboxylic acid groups (broad SMARTS) is 1. The van der Waals surface area contributed by atoms with Crippen LogP contribution in [-0.4, -0.2) is 29.1 Å². The summed E-state index contributed by atoms with van der Waals surface area (Å²) in [4.78, 5) is 12.2. The first kappa shape index (κ1) is 13.7. The molecule has 1 N–H and O–H groups in total. The molecule has 0 saturated carbocycles. The van der Waals surface area contributed by atoms with Crippen molar-refractivity contribution in [2.45, 2.75) is 6.54 Å². The molecule has 0 amide bonds. The van der Waals surface area contributed by atoms with Gasteiger partial charge in [-0.2, -0.15) is 0 Å². The number of halogens is 2. The van der Waals surface area contributed by atoms with Gasteiger partial charge in [-0.3, -0.25) is 9.69 Å². The molecule has 0 aliphatic heterocycles. The Morgan fingerprint density at radius 2 is 2.29 bits per heavy atom. The fourth-order valence-corrected chi connectivity index (χ4v) is 1.63. The summed E-state index contributed by atoms with van der Waals surface area (Å²) in [6, 6.07) is 4.66. The van der Waals surface area contributed by atoms with E-state index < -0.39 is 5.97 Å². The SMILES string of the molecule is C#CCN(CC(=O)O)Cc1ccc(Br)c(F)c1. The van der Waals surface area contributed by atoms with E-state index in [1.807, 2.05) is 0 Å². The van der Waals surface area contributed by atoms with E-state index in [4.69, 9.17) is 11.5 Å². The molecule has 5 heteroatoms. The monoisotopic (exact) mass is 299 g/mol. The molecular weight excluding hydrogens is 289 g/mol. The zero-order valence-electron chi connectivity index (χ0n) is 8.99. The summed E-state index contributed by atoms with van der Waals surface area (Å²) >= 11 is 3.05. The van der Waals surface area contributed by atoms with Crippen LogP contribution in [0.3, 0.4) is 0 Å². The van der Waals surface area contributed by atoms with E-state index in [1.54, 1.807) is 17.0 Å². The number of hydrogen-bond acceptors (Lipinski definition) is 2. The van der Waals surface area contributed by atoms with Gasteiger partial charge in [0.2, 0.25) is 0 Å². The second-order valence-corrected chi connectivity index (χ2v) is 4.35. The number of aliphatic carboxylic acids is 1. The zero-order valence-corrected chi connectivity index (χ0v) is 10.6. The Hall–Kier alpha value is -1.38. The Kier molecular flexibility index (Phi) is 5.13. The number of rotatable bonds is 5. The van der Waals surface area contributed by atoms with Crippen LogP contribution in [0.1, 0.15) is 5.56 Å². The third kappa shape index (κ3) is 4.55. The smallest absolute Gasteiger partial charge is 0.317 e. The largest absolute Gasteiger partial charge is 0.480 e. The highest BCUT2D eigenvalue weighted by Crippen LogP contribution is 2.17. The van der Waals surface area contributed by atoms with Crippen molar-refractivity contribution in [3.63, 3.8) is 0 Å². The summed E-state index contributed by atoms with van der Waals surface area (Å²) in [5.74, 6) is 1.04. The first-order chi connectivity index (χ1) is 8.02. The van der Waals surface area contributed by atoms with Gasteiger partial charge in [-0.05, 0) is 33.6 Å². The molecule has 0 atom stereocenters. The molecule has 0 radical (unpaired) electrons. The van der Waals surface area contributed by atoms with E-state index in [1.165, 1.54) is 6.07 Å². The number of hydrogen-bond donors (Lipinski definition) is 1. The molecule has 17 heavy (non-hydrogen) atoms. The van der Waals surface area contributed by atoms with Gasteiger partial charge < -0.3 is 5.11 Å². The number of carbonyl (C=O) groups is 1. The molecule has 90 valence electrons. The van der Waals surface area contributed by atoms with Crippen LogP contribution in [0.2, 0.25) is 0 Å². The Bertz CT molecular complexity index is 456. The van der Waals surface area contributed by atoms with Crippen molar-refractivity contribution in [2.24, 2.45) is 0 Å². The van der Waals surface area contributed by atoms with Crippen molar-refractivity contribution in [1.29, 1.82) is 0 Å². The standard InChI is InChI=1S/C12H11BrFNO2/c1-2-5-15(8-12(16)17)7-9-3-4-10(13)11(14)6-9/h1,3-4,6H,5,7-8H2,(H,16,17). The van der Waals surface area contributed by atoms with Gasteiger partial charge in [-0.25, -0.2) is 4.39 Å². The lowest BCUT2D eigenvalue weighted by Gasteiger charge is -2.17. The summed E-state index contributed by atoms with van der Waals surface area (Å²) in [5.41, 5.74) is 0.683. The third-order valence-electron chi connectivity index (χ3n) is 2.06. The van der Waals surface area contributed by atoms with E-state index in [0.29, 0.717) is 16.6 Å². The molecule has 3 nitrogen and oxygen atoms in total. The molecule has 0 aliphatic rings. The fraction of sp³-hybridized carbons (Fsp3) is 0.250. The maximum atomic E-state index is 13.3. The summed E-state index contributed by atoms with van der Waals surface area (Å²) in [5, 5.41) is 8.70. The highest BCUT2D eigenvalue weighted by Gasteiger charge is 2.10. The minimum atomic E-state index is -0.960. The first-order valence-electron chi connectivity index (χ1n) is 4.84. The van der Waals surface area contributed by atoms with Gasteiger partial charge in [0.15, 0.2) is 0 Å². The average molecular weight is 300 g/mol. The second kappa shape index (κ2) is 6.38. The lowest BCUT2D eigenvalue weighted by atomic mass is 10.2. The number of nitrogens with zero attached hydrogens (tertiary/aromatic N) is 1. The van der Waals surface area contributed by atoms with E-state index >= 15 is 0 Å². The van der Waals surface area contributed by atoms with Crippen molar-refractivity contribution in [3.05, 3.63) is 34.1 Å². The maximum absolute atomic E-state index is 13.3. The number of carboxylic acids is 1. The van der Waals surface area contributed by atoms with Gasteiger partial charge in [-0.15, -0.1) is 6.42 Å². The van der Waals surface area contributed by atoms with Crippen molar-refractivity contribution < 1.29 is 14.3 Å².